The van der Waals surface area contributed by atoms with E-state index in [4.69, 9.17) is 12.2 Å². The van der Waals surface area contributed by atoms with Gasteiger partial charge in [0.1, 0.15) is 0 Å². The van der Waals surface area contributed by atoms with Crippen LogP contribution in [-0.2, 0) is 11.3 Å². The van der Waals surface area contributed by atoms with E-state index in [1.807, 2.05) is 4.90 Å². The summed E-state index contributed by atoms with van der Waals surface area (Å²) in [6, 6.07) is 8.47. The molecule has 33 heavy (non-hydrogen) atoms. The Hall–Kier alpha value is -2.61. The van der Waals surface area contributed by atoms with Crippen molar-refractivity contribution in [2.24, 2.45) is 5.92 Å². The summed E-state index contributed by atoms with van der Waals surface area (Å²) < 4.78 is 0. The highest BCUT2D eigenvalue weighted by atomic mass is 32.1. The highest BCUT2D eigenvalue weighted by Gasteiger charge is 2.27. The Labute approximate surface area is 202 Å². The summed E-state index contributed by atoms with van der Waals surface area (Å²) in [6.07, 6.45) is 10.1. The summed E-state index contributed by atoms with van der Waals surface area (Å²) in [5, 5.41) is 4.19. The lowest BCUT2D eigenvalue weighted by Crippen LogP contribution is -2.51. The average Bonchev–Trinajstić information content (AvgIpc) is 3.39. The van der Waals surface area contributed by atoms with Gasteiger partial charge in [-0.2, -0.15) is 0 Å². The molecular weight excluding hydrogens is 432 g/mol. The molecule has 2 aromatic rings. The summed E-state index contributed by atoms with van der Waals surface area (Å²) >= 11 is 5.52. The number of H-pyrrole nitrogens is 1. The minimum Gasteiger partial charge on any atom is -0.368 e. The number of nitrogens with zero attached hydrogens (tertiary/aromatic N) is 4. The predicted molar refractivity (Wildman–Crippen MR) is 137 cm³/mol. The van der Waals surface area contributed by atoms with E-state index >= 15 is 0 Å². The molecule has 2 heterocycles. The van der Waals surface area contributed by atoms with E-state index in [0.29, 0.717) is 6.54 Å². The lowest BCUT2D eigenvalue weighted by molar-refractivity contribution is -0.123. The van der Waals surface area contributed by atoms with E-state index in [1.54, 1.807) is 12.5 Å². The minimum absolute atomic E-state index is 0.125. The van der Waals surface area contributed by atoms with Gasteiger partial charge in [0.05, 0.1) is 18.6 Å². The molecule has 1 saturated heterocycles. The van der Waals surface area contributed by atoms with E-state index in [0.717, 1.165) is 81.3 Å². The SMILES string of the molecule is CCCNC(=S)N1CCN(c2ccc(N(Cc3cnc[nH]3)C(=O)C3CCCCC3)cc2)CC1. The van der Waals surface area contributed by atoms with Gasteiger partial charge in [-0.25, -0.2) is 4.98 Å². The second-order valence-corrected chi connectivity index (χ2v) is 9.45. The number of aromatic amines is 1. The van der Waals surface area contributed by atoms with Crippen molar-refractivity contribution in [1.29, 1.82) is 0 Å². The van der Waals surface area contributed by atoms with Crippen LogP contribution in [0.3, 0.4) is 0 Å². The number of rotatable bonds is 7. The third-order valence-electron chi connectivity index (χ3n) is 6.72. The molecule has 1 aliphatic carbocycles. The first-order valence-corrected chi connectivity index (χ1v) is 12.7. The molecule has 1 amide bonds. The van der Waals surface area contributed by atoms with Crippen molar-refractivity contribution < 1.29 is 4.79 Å². The number of carbonyl (C=O) groups is 1. The topological polar surface area (TPSA) is 67.5 Å². The number of imidazole rings is 1. The molecule has 2 N–H and O–H groups in total. The number of nitrogens with one attached hydrogen (secondary N) is 2. The van der Waals surface area contributed by atoms with Crippen molar-refractivity contribution in [2.45, 2.75) is 52.0 Å². The number of thiocarbonyl (C=S) groups is 1. The van der Waals surface area contributed by atoms with Crippen LogP contribution in [0.1, 0.15) is 51.1 Å². The predicted octanol–water partition coefficient (Wildman–Crippen LogP) is 3.93. The summed E-state index contributed by atoms with van der Waals surface area (Å²) in [5.41, 5.74) is 3.09. The maximum atomic E-state index is 13.4. The Bertz CT molecular complexity index is 886. The molecular formula is C25H36N6OS. The third-order valence-corrected chi connectivity index (χ3v) is 7.13. The number of hydrogen-bond acceptors (Lipinski definition) is 4. The second-order valence-electron chi connectivity index (χ2n) is 9.06. The van der Waals surface area contributed by atoms with Crippen molar-refractivity contribution in [3.63, 3.8) is 0 Å². The van der Waals surface area contributed by atoms with Crippen molar-refractivity contribution in [3.8, 4) is 0 Å². The molecule has 178 valence electrons. The fourth-order valence-electron chi connectivity index (χ4n) is 4.76. The van der Waals surface area contributed by atoms with Gasteiger partial charge < -0.3 is 25.0 Å². The van der Waals surface area contributed by atoms with Gasteiger partial charge in [-0.1, -0.05) is 26.2 Å². The first-order valence-electron chi connectivity index (χ1n) is 12.3. The molecule has 2 aliphatic rings. The van der Waals surface area contributed by atoms with E-state index in [2.05, 4.69) is 56.3 Å². The first kappa shape index (κ1) is 23.5. The average molecular weight is 469 g/mol. The van der Waals surface area contributed by atoms with Gasteiger partial charge >= 0.3 is 0 Å². The molecule has 1 aliphatic heterocycles. The summed E-state index contributed by atoms with van der Waals surface area (Å²) in [6.45, 7) is 7.31. The molecule has 1 aromatic carbocycles. The van der Waals surface area contributed by atoms with Crippen LogP contribution in [0.2, 0.25) is 0 Å². The van der Waals surface area contributed by atoms with Crippen LogP contribution in [0.25, 0.3) is 0 Å². The van der Waals surface area contributed by atoms with E-state index in [-0.39, 0.29) is 11.8 Å². The van der Waals surface area contributed by atoms with Crippen molar-refractivity contribution in [3.05, 3.63) is 42.5 Å². The van der Waals surface area contributed by atoms with Gasteiger partial charge in [-0.3, -0.25) is 4.79 Å². The van der Waals surface area contributed by atoms with Gasteiger partial charge in [0.2, 0.25) is 5.91 Å². The van der Waals surface area contributed by atoms with Crippen molar-refractivity contribution >= 4 is 34.6 Å². The molecule has 1 saturated carbocycles. The lowest BCUT2D eigenvalue weighted by atomic mass is 9.88. The Morgan fingerprint density at radius 2 is 1.88 bits per heavy atom. The zero-order valence-electron chi connectivity index (χ0n) is 19.6. The van der Waals surface area contributed by atoms with Crippen LogP contribution in [-0.4, -0.2) is 58.6 Å². The molecule has 0 atom stereocenters. The fourth-order valence-corrected chi connectivity index (χ4v) is 5.05. The quantitative estimate of drug-likeness (QED) is 0.600. The molecule has 2 fully saturated rings. The van der Waals surface area contributed by atoms with Crippen LogP contribution in [0, 0.1) is 5.92 Å². The zero-order valence-corrected chi connectivity index (χ0v) is 20.4. The number of hydrogen-bond donors (Lipinski definition) is 2. The monoisotopic (exact) mass is 468 g/mol. The number of aromatic nitrogens is 2. The molecule has 0 unspecified atom stereocenters. The van der Waals surface area contributed by atoms with Gasteiger partial charge in [0.15, 0.2) is 5.11 Å². The highest BCUT2D eigenvalue weighted by Crippen LogP contribution is 2.30. The van der Waals surface area contributed by atoms with Crippen molar-refractivity contribution in [2.75, 3.05) is 42.5 Å². The van der Waals surface area contributed by atoms with E-state index < -0.39 is 0 Å². The molecule has 0 radical (unpaired) electrons. The number of carbonyl (C=O) groups excluding carboxylic acids is 1. The molecule has 0 spiro atoms. The minimum atomic E-state index is 0.125. The Morgan fingerprint density at radius 1 is 1.15 bits per heavy atom. The van der Waals surface area contributed by atoms with E-state index in [9.17, 15) is 4.79 Å². The Kier molecular flexibility index (Phi) is 8.20. The molecule has 1 aromatic heterocycles. The van der Waals surface area contributed by atoms with Crippen LogP contribution < -0.4 is 15.1 Å². The molecule has 4 rings (SSSR count). The first-order chi connectivity index (χ1) is 16.2. The maximum absolute atomic E-state index is 13.4. The summed E-state index contributed by atoms with van der Waals surface area (Å²) in [7, 11) is 0. The maximum Gasteiger partial charge on any atom is 0.230 e. The standard InChI is InChI=1S/C25H36N6OS/c1-2-12-27-25(33)30-15-13-29(14-16-30)22-8-10-23(11-9-22)31(18-21-17-26-19-28-21)24(32)20-6-4-3-5-7-20/h8-11,17,19-20H,2-7,12-16,18H2,1H3,(H,26,28)(H,27,33). The molecule has 0 bridgehead atoms. The third kappa shape index (κ3) is 6.05. The number of piperazine rings is 1. The van der Waals surface area contributed by atoms with Gasteiger partial charge in [0, 0.05) is 56.2 Å². The van der Waals surface area contributed by atoms with Crippen LogP contribution in [0.15, 0.2) is 36.8 Å². The largest absolute Gasteiger partial charge is 0.368 e. The zero-order chi connectivity index (χ0) is 23.0. The molecule has 7 nitrogen and oxygen atoms in total. The Balaban J connectivity index is 1.42. The van der Waals surface area contributed by atoms with Gasteiger partial charge in [-0.15, -0.1) is 0 Å². The highest BCUT2D eigenvalue weighted by molar-refractivity contribution is 7.80. The Morgan fingerprint density at radius 3 is 2.52 bits per heavy atom. The van der Waals surface area contributed by atoms with Crippen LogP contribution in [0.4, 0.5) is 11.4 Å². The molecule has 8 heteroatoms. The van der Waals surface area contributed by atoms with E-state index in [1.165, 1.54) is 12.1 Å². The lowest BCUT2D eigenvalue weighted by Gasteiger charge is -2.37. The summed E-state index contributed by atoms with van der Waals surface area (Å²) in [5.74, 6) is 0.360. The van der Waals surface area contributed by atoms with Crippen molar-refractivity contribution in [1.82, 2.24) is 20.2 Å². The number of anilines is 2. The normalized spacial score (nSPS) is 17.1. The smallest absolute Gasteiger partial charge is 0.230 e. The number of amides is 1. The van der Waals surface area contributed by atoms with Gasteiger partial charge in [-0.05, 0) is 55.7 Å². The van der Waals surface area contributed by atoms with Gasteiger partial charge in [0.25, 0.3) is 0 Å². The van der Waals surface area contributed by atoms with Crippen LogP contribution >= 0.6 is 12.2 Å². The fraction of sp³-hybridized carbons (Fsp3) is 0.560. The summed E-state index contributed by atoms with van der Waals surface area (Å²) in [4.78, 5) is 27.3. The number of benzene rings is 1. The van der Waals surface area contributed by atoms with Crippen LogP contribution in [0.5, 0.6) is 0 Å². The second kappa shape index (κ2) is 11.5.